The molecule has 5 nitrogen and oxygen atoms in total. The Bertz CT molecular complexity index is 670. The van der Waals surface area contributed by atoms with Gasteiger partial charge in [-0.1, -0.05) is 6.07 Å². The second-order valence-electron chi connectivity index (χ2n) is 6.29. The standard InChI is InChI=1S/C16H20N4O/c1-10-15(11-4-6-20(10)7-5-11)18-16(21)12-2-3-13-9-17-19-14(13)8-12/h2-3,8-11,15H,4-7H2,1H3,(H,17,19)(H,18,21)/t10-,15-/m0/s1. The summed E-state index contributed by atoms with van der Waals surface area (Å²) >= 11 is 0. The molecule has 2 N–H and O–H groups in total. The van der Waals surface area contributed by atoms with Crippen molar-refractivity contribution in [1.82, 2.24) is 20.4 Å². The van der Waals surface area contributed by atoms with E-state index in [2.05, 4.69) is 27.3 Å². The van der Waals surface area contributed by atoms with Gasteiger partial charge in [-0.15, -0.1) is 0 Å². The number of fused-ring (bicyclic) bond motifs is 4. The van der Waals surface area contributed by atoms with E-state index in [1.54, 1.807) is 6.20 Å². The van der Waals surface area contributed by atoms with E-state index >= 15 is 0 Å². The molecule has 4 heterocycles. The van der Waals surface area contributed by atoms with Crippen molar-refractivity contribution < 1.29 is 4.79 Å². The van der Waals surface area contributed by atoms with Gasteiger partial charge in [0.25, 0.3) is 5.91 Å². The van der Waals surface area contributed by atoms with Gasteiger partial charge in [-0.25, -0.2) is 0 Å². The number of benzene rings is 1. The zero-order valence-electron chi connectivity index (χ0n) is 12.2. The van der Waals surface area contributed by atoms with Gasteiger partial charge < -0.3 is 5.32 Å². The molecule has 5 rings (SSSR count). The number of nitrogens with zero attached hydrogens (tertiary/aromatic N) is 2. The smallest absolute Gasteiger partial charge is 0.251 e. The molecule has 1 aromatic heterocycles. The fraction of sp³-hybridized carbons (Fsp3) is 0.500. The van der Waals surface area contributed by atoms with Gasteiger partial charge in [0.2, 0.25) is 0 Å². The number of carbonyl (C=O) groups is 1. The highest BCUT2D eigenvalue weighted by molar-refractivity contribution is 5.97. The predicted octanol–water partition coefficient (Wildman–Crippen LogP) is 1.78. The highest BCUT2D eigenvalue weighted by atomic mass is 16.1. The maximum Gasteiger partial charge on any atom is 0.251 e. The highest BCUT2D eigenvalue weighted by Crippen LogP contribution is 2.32. The summed E-state index contributed by atoms with van der Waals surface area (Å²) in [6.07, 6.45) is 4.18. The molecule has 2 bridgehead atoms. The Morgan fingerprint density at radius 2 is 2.19 bits per heavy atom. The van der Waals surface area contributed by atoms with Gasteiger partial charge in [-0.3, -0.25) is 14.8 Å². The number of carbonyl (C=O) groups excluding carboxylic acids is 1. The lowest BCUT2D eigenvalue weighted by molar-refractivity contribution is 0.0217. The molecule has 3 saturated heterocycles. The van der Waals surface area contributed by atoms with E-state index in [1.807, 2.05) is 18.2 Å². The van der Waals surface area contributed by atoms with Crippen molar-refractivity contribution in [2.75, 3.05) is 13.1 Å². The second kappa shape index (κ2) is 4.84. The molecule has 3 aliphatic heterocycles. The predicted molar refractivity (Wildman–Crippen MR) is 81.1 cm³/mol. The summed E-state index contributed by atoms with van der Waals surface area (Å²) in [6, 6.07) is 6.41. The van der Waals surface area contributed by atoms with Gasteiger partial charge in [0.05, 0.1) is 11.7 Å². The number of aromatic nitrogens is 2. The average molecular weight is 284 g/mol. The van der Waals surface area contributed by atoms with E-state index in [-0.39, 0.29) is 11.9 Å². The Morgan fingerprint density at radius 3 is 2.95 bits per heavy atom. The summed E-state index contributed by atoms with van der Waals surface area (Å²) in [7, 11) is 0. The quantitative estimate of drug-likeness (QED) is 0.883. The average Bonchev–Trinajstić information content (AvgIpc) is 2.98. The van der Waals surface area contributed by atoms with Crippen LogP contribution in [0.15, 0.2) is 24.4 Å². The zero-order chi connectivity index (χ0) is 14.4. The van der Waals surface area contributed by atoms with E-state index in [0.717, 1.165) is 10.9 Å². The van der Waals surface area contributed by atoms with Crippen molar-refractivity contribution in [3.63, 3.8) is 0 Å². The number of piperidine rings is 3. The highest BCUT2D eigenvalue weighted by Gasteiger charge is 2.40. The van der Waals surface area contributed by atoms with Crippen molar-refractivity contribution in [1.29, 1.82) is 0 Å². The maximum atomic E-state index is 12.5. The van der Waals surface area contributed by atoms with Crippen LogP contribution in [0, 0.1) is 5.92 Å². The van der Waals surface area contributed by atoms with Gasteiger partial charge >= 0.3 is 0 Å². The Balaban J connectivity index is 1.54. The number of rotatable bonds is 2. The first-order chi connectivity index (χ1) is 10.2. The molecule has 0 unspecified atom stereocenters. The van der Waals surface area contributed by atoms with Crippen LogP contribution in [0.3, 0.4) is 0 Å². The lowest BCUT2D eigenvalue weighted by Gasteiger charge is -2.49. The number of H-pyrrole nitrogens is 1. The normalized spacial score (nSPS) is 31.5. The molecular formula is C16H20N4O. The summed E-state index contributed by atoms with van der Waals surface area (Å²) in [5.74, 6) is 0.655. The zero-order valence-corrected chi connectivity index (χ0v) is 12.2. The SMILES string of the molecule is C[C@H]1[C@H](NC(=O)c2ccc3cn[nH]c3c2)C2CCN1CC2. The molecule has 1 aromatic carbocycles. The van der Waals surface area contributed by atoms with Crippen LogP contribution >= 0.6 is 0 Å². The Labute approximate surface area is 123 Å². The topological polar surface area (TPSA) is 61.0 Å². The Morgan fingerprint density at radius 1 is 1.38 bits per heavy atom. The van der Waals surface area contributed by atoms with Gasteiger partial charge in [-0.05, 0) is 50.9 Å². The third-order valence-electron chi connectivity index (χ3n) is 5.18. The van der Waals surface area contributed by atoms with Crippen LogP contribution in [-0.2, 0) is 0 Å². The second-order valence-corrected chi connectivity index (χ2v) is 6.29. The van der Waals surface area contributed by atoms with Gasteiger partial charge in [0, 0.05) is 23.0 Å². The van der Waals surface area contributed by atoms with E-state index in [0.29, 0.717) is 17.5 Å². The van der Waals surface area contributed by atoms with Crippen molar-refractivity contribution in [2.24, 2.45) is 5.92 Å². The van der Waals surface area contributed by atoms with E-state index in [1.165, 1.54) is 25.9 Å². The first-order valence-electron chi connectivity index (χ1n) is 7.70. The molecule has 2 atom stereocenters. The van der Waals surface area contributed by atoms with Crippen LogP contribution in [0.2, 0.25) is 0 Å². The van der Waals surface area contributed by atoms with Crippen molar-refractivity contribution >= 4 is 16.8 Å². The minimum atomic E-state index is 0.0251. The molecule has 5 heteroatoms. The van der Waals surface area contributed by atoms with Crippen LogP contribution in [0.4, 0.5) is 0 Å². The number of hydrogen-bond donors (Lipinski definition) is 2. The van der Waals surface area contributed by atoms with Crippen LogP contribution in [0.1, 0.15) is 30.1 Å². The third-order valence-corrected chi connectivity index (χ3v) is 5.18. The monoisotopic (exact) mass is 284 g/mol. The Hall–Kier alpha value is -1.88. The molecule has 0 aliphatic carbocycles. The molecule has 0 spiro atoms. The summed E-state index contributed by atoms with van der Waals surface area (Å²) in [5.41, 5.74) is 1.61. The number of nitrogens with one attached hydrogen (secondary N) is 2. The molecule has 0 radical (unpaired) electrons. The molecular weight excluding hydrogens is 264 g/mol. The number of aromatic amines is 1. The fourth-order valence-corrected chi connectivity index (χ4v) is 3.86. The molecule has 0 saturated carbocycles. The number of amides is 1. The first kappa shape index (κ1) is 12.8. The van der Waals surface area contributed by atoms with Gasteiger partial charge in [0.15, 0.2) is 0 Å². The van der Waals surface area contributed by atoms with Crippen molar-refractivity contribution in [3.05, 3.63) is 30.0 Å². The first-order valence-corrected chi connectivity index (χ1v) is 7.70. The van der Waals surface area contributed by atoms with Crippen LogP contribution < -0.4 is 5.32 Å². The molecule has 3 aliphatic rings. The third kappa shape index (κ3) is 2.12. The van der Waals surface area contributed by atoms with Crippen LogP contribution in [0.5, 0.6) is 0 Å². The van der Waals surface area contributed by atoms with Crippen molar-refractivity contribution in [2.45, 2.75) is 31.8 Å². The molecule has 1 amide bonds. The van der Waals surface area contributed by atoms with E-state index < -0.39 is 0 Å². The minimum Gasteiger partial charge on any atom is -0.347 e. The summed E-state index contributed by atoms with van der Waals surface area (Å²) < 4.78 is 0. The van der Waals surface area contributed by atoms with Gasteiger partial charge in [-0.2, -0.15) is 5.10 Å². The molecule has 2 aromatic rings. The minimum absolute atomic E-state index is 0.0251. The lowest BCUT2D eigenvalue weighted by Crippen LogP contribution is -2.62. The molecule has 3 fully saturated rings. The van der Waals surface area contributed by atoms with E-state index in [9.17, 15) is 4.79 Å². The van der Waals surface area contributed by atoms with Crippen LogP contribution in [0.25, 0.3) is 10.9 Å². The number of hydrogen-bond acceptors (Lipinski definition) is 3. The van der Waals surface area contributed by atoms with Crippen LogP contribution in [-0.4, -0.2) is 46.2 Å². The van der Waals surface area contributed by atoms with Gasteiger partial charge in [0.1, 0.15) is 0 Å². The Kier molecular flexibility index (Phi) is 2.96. The lowest BCUT2D eigenvalue weighted by atomic mass is 9.79. The summed E-state index contributed by atoms with van der Waals surface area (Å²) in [5, 5.41) is 11.2. The largest absolute Gasteiger partial charge is 0.347 e. The van der Waals surface area contributed by atoms with Crippen molar-refractivity contribution in [3.8, 4) is 0 Å². The maximum absolute atomic E-state index is 12.5. The molecule has 110 valence electrons. The molecule has 21 heavy (non-hydrogen) atoms. The fourth-order valence-electron chi connectivity index (χ4n) is 3.86. The summed E-state index contributed by atoms with van der Waals surface area (Å²) in [4.78, 5) is 15.0. The summed E-state index contributed by atoms with van der Waals surface area (Å²) in [6.45, 7) is 4.59. The van der Waals surface area contributed by atoms with E-state index in [4.69, 9.17) is 0 Å².